The molecular weight excluding hydrogens is 208 g/mol. The molecule has 1 amide bonds. The Morgan fingerprint density at radius 1 is 1.67 bits per heavy atom. The second kappa shape index (κ2) is 4.77. The van der Waals surface area contributed by atoms with Crippen LogP contribution in [0.2, 0.25) is 0 Å². The Morgan fingerprint density at radius 3 is 3.00 bits per heavy atom. The zero-order valence-corrected chi connectivity index (χ0v) is 9.43. The monoisotopic (exact) mass is 224 g/mol. The van der Waals surface area contributed by atoms with Crippen molar-refractivity contribution in [2.75, 3.05) is 6.54 Å². The van der Waals surface area contributed by atoms with Gasteiger partial charge in [-0.2, -0.15) is 0 Å². The minimum Gasteiger partial charge on any atom is -0.353 e. The minimum absolute atomic E-state index is 0.140. The van der Waals surface area contributed by atoms with E-state index < -0.39 is 0 Å². The molecule has 1 heterocycles. The number of hydrogen-bond donors (Lipinski definition) is 2. The second-order valence-electron chi connectivity index (χ2n) is 3.99. The van der Waals surface area contributed by atoms with Gasteiger partial charge in [-0.3, -0.25) is 4.79 Å². The SMILES string of the molecule is NCC(CC(=O)NC1CC1)c1cccs1. The predicted octanol–water partition coefficient (Wildman–Crippen LogP) is 1.46. The standard InChI is InChI=1S/C11H16N2OS/c12-7-8(10-2-1-5-15-10)6-11(14)13-9-3-4-9/h1-2,5,8-9H,3-4,6-7,12H2,(H,13,14). The first kappa shape index (κ1) is 10.6. The van der Waals surface area contributed by atoms with Gasteiger partial charge in [-0.1, -0.05) is 6.07 Å². The maximum Gasteiger partial charge on any atom is 0.220 e. The van der Waals surface area contributed by atoms with Crippen LogP contribution in [0.15, 0.2) is 17.5 Å². The predicted molar refractivity (Wildman–Crippen MR) is 61.9 cm³/mol. The van der Waals surface area contributed by atoms with Crippen molar-refractivity contribution in [2.45, 2.75) is 31.2 Å². The Labute approximate surface area is 93.7 Å². The molecule has 1 fully saturated rings. The van der Waals surface area contributed by atoms with Gasteiger partial charge in [0, 0.05) is 29.8 Å². The van der Waals surface area contributed by atoms with Crippen molar-refractivity contribution in [2.24, 2.45) is 5.73 Å². The Hall–Kier alpha value is -0.870. The van der Waals surface area contributed by atoms with E-state index in [1.807, 2.05) is 17.5 Å². The molecule has 82 valence electrons. The quantitative estimate of drug-likeness (QED) is 0.795. The molecular formula is C11H16N2OS. The summed E-state index contributed by atoms with van der Waals surface area (Å²) >= 11 is 1.67. The lowest BCUT2D eigenvalue weighted by Gasteiger charge is -2.12. The van der Waals surface area contributed by atoms with Crippen LogP contribution in [0, 0.1) is 0 Å². The van der Waals surface area contributed by atoms with Crippen molar-refractivity contribution in [3.05, 3.63) is 22.4 Å². The van der Waals surface area contributed by atoms with Crippen molar-refractivity contribution in [3.63, 3.8) is 0 Å². The number of thiophene rings is 1. The summed E-state index contributed by atoms with van der Waals surface area (Å²) < 4.78 is 0. The number of rotatable bonds is 5. The van der Waals surface area contributed by atoms with Crippen molar-refractivity contribution < 1.29 is 4.79 Å². The van der Waals surface area contributed by atoms with Gasteiger partial charge in [-0.25, -0.2) is 0 Å². The zero-order valence-electron chi connectivity index (χ0n) is 8.61. The molecule has 1 saturated carbocycles. The van der Waals surface area contributed by atoms with Gasteiger partial charge in [-0.05, 0) is 24.3 Å². The van der Waals surface area contributed by atoms with E-state index in [0.29, 0.717) is 19.0 Å². The molecule has 0 saturated heterocycles. The molecule has 1 aliphatic rings. The molecule has 4 heteroatoms. The van der Waals surface area contributed by atoms with Gasteiger partial charge >= 0.3 is 0 Å². The summed E-state index contributed by atoms with van der Waals surface area (Å²) in [6.07, 6.45) is 2.80. The molecule has 0 aliphatic heterocycles. The molecule has 1 aromatic heterocycles. The van der Waals surface area contributed by atoms with Crippen LogP contribution in [0.25, 0.3) is 0 Å². The van der Waals surface area contributed by atoms with E-state index in [1.54, 1.807) is 11.3 Å². The Bertz CT molecular complexity index is 319. The normalized spacial score (nSPS) is 17.4. The summed E-state index contributed by atoms with van der Waals surface area (Å²) in [4.78, 5) is 12.8. The van der Waals surface area contributed by atoms with Crippen molar-refractivity contribution in [1.29, 1.82) is 0 Å². The highest BCUT2D eigenvalue weighted by molar-refractivity contribution is 7.10. The van der Waals surface area contributed by atoms with Gasteiger partial charge in [-0.15, -0.1) is 11.3 Å². The molecule has 0 bridgehead atoms. The van der Waals surface area contributed by atoms with Gasteiger partial charge in [0.25, 0.3) is 0 Å². The van der Waals surface area contributed by atoms with Gasteiger partial charge in [0.2, 0.25) is 5.91 Å². The Kier molecular flexibility index (Phi) is 3.38. The third kappa shape index (κ3) is 3.04. The third-order valence-corrected chi connectivity index (χ3v) is 3.64. The smallest absolute Gasteiger partial charge is 0.220 e. The molecule has 15 heavy (non-hydrogen) atoms. The minimum atomic E-state index is 0.140. The van der Waals surface area contributed by atoms with Crippen molar-refractivity contribution in [1.82, 2.24) is 5.32 Å². The average Bonchev–Trinajstić information content (AvgIpc) is 2.86. The molecule has 0 spiro atoms. The molecule has 0 aromatic carbocycles. The first-order valence-electron chi connectivity index (χ1n) is 5.32. The molecule has 1 aliphatic carbocycles. The average molecular weight is 224 g/mol. The Balaban J connectivity index is 1.87. The number of carbonyl (C=O) groups excluding carboxylic acids is 1. The number of hydrogen-bond acceptors (Lipinski definition) is 3. The molecule has 1 unspecified atom stereocenters. The highest BCUT2D eigenvalue weighted by atomic mass is 32.1. The van der Waals surface area contributed by atoms with Gasteiger partial charge in [0.05, 0.1) is 0 Å². The highest BCUT2D eigenvalue weighted by Crippen LogP contribution is 2.24. The number of carbonyl (C=O) groups is 1. The van der Waals surface area contributed by atoms with Crippen LogP contribution in [0.3, 0.4) is 0 Å². The molecule has 3 nitrogen and oxygen atoms in total. The molecule has 1 atom stereocenters. The van der Waals surface area contributed by atoms with Crippen LogP contribution in [0.4, 0.5) is 0 Å². The van der Waals surface area contributed by atoms with Crippen molar-refractivity contribution in [3.8, 4) is 0 Å². The maximum absolute atomic E-state index is 11.6. The first-order valence-corrected chi connectivity index (χ1v) is 6.20. The fourth-order valence-corrected chi connectivity index (χ4v) is 2.41. The number of nitrogens with two attached hydrogens (primary N) is 1. The van der Waals surface area contributed by atoms with Crippen LogP contribution in [0.5, 0.6) is 0 Å². The largest absolute Gasteiger partial charge is 0.353 e. The second-order valence-corrected chi connectivity index (χ2v) is 4.97. The van der Waals surface area contributed by atoms with Crippen LogP contribution in [-0.2, 0) is 4.79 Å². The van der Waals surface area contributed by atoms with E-state index in [4.69, 9.17) is 5.73 Å². The highest BCUT2D eigenvalue weighted by Gasteiger charge is 2.24. The van der Waals surface area contributed by atoms with Gasteiger partial charge in [0.1, 0.15) is 0 Å². The maximum atomic E-state index is 11.6. The van der Waals surface area contributed by atoms with E-state index in [-0.39, 0.29) is 11.8 Å². The van der Waals surface area contributed by atoms with E-state index in [2.05, 4.69) is 5.32 Å². The third-order valence-electron chi connectivity index (χ3n) is 2.60. The van der Waals surface area contributed by atoms with Crippen LogP contribution in [0.1, 0.15) is 30.1 Å². The molecule has 1 aromatic rings. The van der Waals surface area contributed by atoms with E-state index in [0.717, 1.165) is 12.8 Å². The summed E-state index contributed by atoms with van der Waals surface area (Å²) in [7, 11) is 0. The van der Waals surface area contributed by atoms with Gasteiger partial charge < -0.3 is 11.1 Å². The molecule has 2 rings (SSSR count). The molecule has 0 radical (unpaired) electrons. The summed E-state index contributed by atoms with van der Waals surface area (Å²) in [5.74, 6) is 0.324. The number of nitrogens with one attached hydrogen (secondary N) is 1. The lowest BCUT2D eigenvalue weighted by molar-refractivity contribution is -0.121. The lowest BCUT2D eigenvalue weighted by Crippen LogP contribution is -2.28. The fraction of sp³-hybridized carbons (Fsp3) is 0.545. The van der Waals surface area contributed by atoms with Crippen LogP contribution >= 0.6 is 11.3 Å². The Morgan fingerprint density at radius 2 is 2.47 bits per heavy atom. The van der Waals surface area contributed by atoms with Crippen LogP contribution < -0.4 is 11.1 Å². The summed E-state index contributed by atoms with van der Waals surface area (Å²) in [5, 5.41) is 5.02. The van der Waals surface area contributed by atoms with E-state index in [1.165, 1.54) is 4.88 Å². The topological polar surface area (TPSA) is 55.1 Å². The van der Waals surface area contributed by atoms with Gasteiger partial charge in [0.15, 0.2) is 0 Å². The summed E-state index contributed by atoms with van der Waals surface area (Å²) in [6.45, 7) is 0.540. The van der Waals surface area contributed by atoms with Crippen molar-refractivity contribution >= 4 is 17.2 Å². The lowest BCUT2D eigenvalue weighted by atomic mass is 10.0. The van der Waals surface area contributed by atoms with Crippen LogP contribution in [-0.4, -0.2) is 18.5 Å². The molecule has 3 N–H and O–H groups in total. The number of amides is 1. The zero-order chi connectivity index (χ0) is 10.7. The summed E-state index contributed by atoms with van der Waals surface area (Å²) in [6, 6.07) is 4.49. The van der Waals surface area contributed by atoms with E-state index in [9.17, 15) is 4.79 Å². The fourth-order valence-electron chi connectivity index (χ4n) is 1.56. The van der Waals surface area contributed by atoms with E-state index >= 15 is 0 Å². The first-order chi connectivity index (χ1) is 7.29. The summed E-state index contributed by atoms with van der Waals surface area (Å²) in [5.41, 5.74) is 5.69.